The van der Waals surface area contributed by atoms with Crippen molar-refractivity contribution >= 4 is 16.9 Å². The van der Waals surface area contributed by atoms with Crippen molar-refractivity contribution in [1.82, 2.24) is 20.5 Å². The van der Waals surface area contributed by atoms with Crippen molar-refractivity contribution < 1.29 is 9.13 Å². The van der Waals surface area contributed by atoms with E-state index < -0.39 is 0 Å². The van der Waals surface area contributed by atoms with Crippen LogP contribution in [0.5, 0.6) is 5.75 Å². The zero-order chi connectivity index (χ0) is 22.1. The van der Waals surface area contributed by atoms with Crippen LogP contribution >= 0.6 is 0 Å². The van der Waals surface area contributed by atoms with Gasteiger partial charge < -0.3 is 25.3 Å². The predicted molar refractivity (Wildman–Crippen MR) is 125 cm³/mol. The third-order valence-electron chi connectivity index (χ3n) is 4.89. The van der Waals surface area contributed by atoms with E-state index in [-0.39, 0.29) is 5.82 Å². The summed E-state index contributed by atoms with van der Waals surface area (Å²) in [4.78, 5) is 9.93. The van der Waals surface area contributed by atoms with Crippen LogP contribution in [0.2, 0.25) is 0 Å². The third-order valence-corrected chi connectivity index (χ3v) is 4.89. The summed E-state index contributed by atoms with van der Waals surface area (Å²) in [5.74, 6) is 1.41. The van der Waals surface area contributed by atoms with Gasteiger partial charge in [-0.1, -0.05) is 12.1 Å². The maximum absolute atomic E-state index is 13.4. The molecule has 2 aromatic carbocycles. The molecule has 0 aliphatic heterocycles. The molecule has 0 atom stereocenters. The van der Waals surface area contributed by atoms with Crippen LogP contribution in [0.3, 0.4) is 0 Å². The summed E-state index contributed by atoms with van der Waals surface area (Å²) in [7, 11) is 4.06. The fraction of sp³-hybridized carbons (Fsp3) is 0.375. The molecule has 7 heteroatoms. The average Bonchev–Trinajstić information content (AvgIpc) is 3.14. The second kappa shape index (κ2) is 11.4. The number of hydrogen-bond donors (Lipinski definition) is 3. The maximum atomic E-state index is 13.4. The molecule has 1 heterocycles. The number of aromatic nitrogens is 1. The number of aliphatic imine (C=N–C) groups is 1. The highest BCUT2D eigenvalue weighted by molar-refractivity contribution is 5.83. The average molecular weight is 426 g/mol. The third kappa shape index (κ3) is 7.00. The summed E-state index contributed by atoms with van der Waals surface area (Å²) >= 11 is 0. The van der Waals surface area contributed by atoms with E-state index in [9.17, 15) is 4.39 Å². The molecule has 31 heavy (non-hydrogen) atoms. The van der Waals surface area contributed by atoms with E-state index in [0.29, 0.717) is 13.2 Å². The smallest absolute Gasteiger partial charge is 0.191 e. The number of rotatable bonds is 10. The number of aromatic amines is 1. The molecule has 0 bridgehead atoms. The lowest BCUT2D eigenvalue weighted by atomic mass is 10.1. The summed E-state index contributed by atoms with van der Waals surface area (Å²) in [6.45, 7) is 5.65. The van der Waals surface area contributed by atoms with Crippen molar-refractivity contribution in [2.45, 2.75) is 19.9 Å². The summed E-state index contributed by atoms with van der Waals surface area (Å²) in [5.41, 5.74) is 3.07. The number of nitrogens with zero attached hydrogens (tertiary/aromatic N) is 2. The number of likely N-dealkylation sites (N-methyl/N-ethyl adjacent to an activating group) is 1. The molecular weight excluding hydrogens is 393 g/mol. The highest BCUT2D eigenvalue weighted by Gasteiger charge is 2.05. The SMILES string of the molecule is CCNC(=NCc1cccc(OCCN(C)C)c1)NCCc1c[nH]c2cc(F)ccc12. The highest BCUT2D eigenvalue weighted by atomic mass is 19.1. The van der Waals surface area contributed by atoms with Gasteiger partial charge in [0.25, 0.3) is 0 Å². The van der Waals surface area contributed by atoms with Crippen LogP contribution in [0, 0.1) is 5.82 Å². The number of hydrogen-bond acceptors (Lipinski definition) is 3. The predicted octanol–water partition coefficient (Wildman–Crippen LogP) is 3.55. The minimum absolute atomic E-state index is 0.229. The van der Waals surface area contributed by atoms with Crippen LogP contribution in [-0.2, 0) is 13.0 Å². The van der Waals surface area contributed by atoms with Crippen LogP contribution in [0.4, 0.5) is 4.39 Å². The minimum atomic E-state index is -0.229. The Morgan fingerprint density at radius 2 is 2.03 bits per heavy atom. The van der Waals surface area contributed by atoms with Crippen LogP contribution in [-0.4, -0.2) is 56.2 Å². The van der Waals surface area contributed by atoms with Crippen molar-refractivity contribution in [3.8, 4) is 5.75 Å². The highest BCUT2D eigenvalue weighted by Crippen LogP contribution is 2.19. The fourth-order valence-electron chi connectivity index (χ4n) is 3.27. The Labute approximate surface area is 183 Å². The van der Waals surface area contributed by atoms with Gasteiger partial charge in [-0.25, -0.2) is 9.38 Å². The zero-order valence-corrected chi connectivity index (χ0v) is 18.5. The first kappa shape index (κ1) is 22.6. The molecule has 3 N–H and O–H groups in total. The van der Waals surface area contributed by atoms with E-state index in [1.165, 1.54) is 12.1 Å². The normalized spacial score (nSPS) is 11.8. The van der Waals surface area contributed by atoms with Gasteiger partial charge in [-0.05, 0) is 68.9 Å². The number of ether oxygens (including phenoxy) is 1. The van der Waals surface area contributed by atoms with Crippen molar-refractivity contribution in [3.63, 3.8) is 0 Å². The quantitative estimate of drug-likeness (QED) is 0.343. The Balaban J connectivity index is 1.55. The molecule has 0 aliphatic carbocycles. The molecule has 0 amide bonds. The zero-order valence-electron chi connectivity index (χ0n) is 18.5. The molecule has 0 spiro atoms. The Morgan fingerprint density at radius 1 is 1.16 bits per heavy atom. The van der Waals surface area contributed by atoms with Crippen LogP contribution < -0.4 is 15.4 Å². The molecule has 1 aromatic heterocycles. The Morgan fingerprint density at radius 3 is 2.84 bits per heavy atom. The lowest BCUT2D eigenvalue weighted by molar-refractivity contribution is 0.261. The second-order valence-corrected chi connectivity index (χ2v) is 7.67. The molecule has 3 aromatic rings. The van der Waals surface area contributed by atoms with Gasteiger partial charge in [0.15, 0.2) is 5.96 Å². The summed E-state index contributed by atoms with van der Waals surface area (Å²) < 4.78 is 19.2. The number of guanidine groups is 1. The van der Waals surface area contributed by atoms with Crippen molar-refractivity contribution in [2.24, 2.45) is 4.99 Å². The first-order valence-electron chi connectivity index (χ1n) is 10.7. The molecule has 0 radical (unpaired) electrons. The molecule has 0 saturated carbocycles. The Kier molecular flexibility index (Phi) is 8.29. The Hall–Kier alpha value is -3.06. The minimum Gasteiger partial charge on any atom is -0.492 e. The lowest BCUT2D eigenvalue weighted by Gasteiger charge is -2.12. The lowest BCUT2D eigenvalue weighted by Crippen LogP contribution is -2.38. The number of benzene rings is 2. The topological polar surface area (TPSA) is 64.7 Å². The van der Waals surface area contributed by atoms with E-state index in [0.717, 1.165) is 59.8 Å². The standard InChI is InChI=1S/C24H32FN5O/c1-4-26-24(27-11-10-19-17-28-23-15-20(25)8-9-22(19)23)29-16-18-6-5-7-21(14-18)31-13-12-30(2)3/h5-9,14-15,17,28H,4,10-13,16H2,1-3H3,(H2,26,27,29). The summed E-state index contributed by atoms with van der Waals surface area (Å²) in [6.07, 6.45) is 2.75. The molecule has 0 aliphatic rings. The monoisotopic (exact) mass is 425 g/mol. The van der Waals surface area contributed by atoms with E-state index in [1.807, 2.05) is 51.5 Å². The molecule has 0 fully saturated rings. The number of fused-ring (bicyclic) bond motifs is 1. The largest absolute Gasteiger partial charge is 0.492 e. The number of halogens is 1. The van der Waals surface area contributed by atoms with Gasteiger partial charge >= 0.3 is 0 Å². The van der Waals surface area contributed by atoms with E-state index in [2.05, 4.69) is 26.6 Å². The first-order chi connectivity index (χ1) is 15.0. The molecular formula is C24H32FN5O. The van der Waals surface area contributed by atoms with Gasteiger partial charge in [0, 0.05) is 36.7 Å². The molecule has 0 unspecified atom stereocenters. The summed E-state index contributed by atoms with van der Waals surface area (Å²) in [6, 6.07) is 12.9. The fourth-order valence-corrected chi connectivity index (χ4v) is 3.27. The van der Waals surface area contributed by atoms with Crippen LogP contribution in [0.15, 0.2) is 53.7 Å². The molecule has 6 nitrogen and oxygen atoms in total. The molecule has 166 valence electrons. The van der Waals surface area contributed by atoms with Crippen LogP contribution in [0.25, 0.3) is 10.9 Å². The molecule has 0 saturated heterocycles. The first-order valence-corrected chi connectivity index (χ1v) is 10.7. The summed E-state index contributed by atoms with van der Waals surface area (Å²) in [5, 5.41) is 7.72. The van der Waals surface area contributed by atoms with Crippen molar-refractivity contribution in [2.75, 3.05) is 40.3 Å². The van der Waals surface area contributed by atoms with Gasteiger partial charge in [0.05, 0.1) is 6.54 Å². The number of H-pyrrole nitrogens is 1. The Bertz CT molecular complexity index is 999. The van der Waals surface area contributed by atoms with Crippen LogP contribution in [0.1, 0.15) is 18.1 Å². The second-order valence-electron chi connectivity index (χ2n) is 7.67. The van der Waals surface area contributed by atoms with Gasteiger partial charge in [0.2, 0.25) is 0 Å². The van der Waals surface area contributed by atoms with E-state index in [1.54, 1.807) is 0 Å². The van der Waals surface area contributed by atoms with E-state index >= 15 is 0 Å². The maximum Gasteiger partial charge on any atom is 0.191 e. The van der Waals surface area contributed by atoms with Gasteiger partial charge in [0.1, 0.15) is 18.2 Å². The number of nitrogens with one attached hydrogen (secondary N) is 3. The van der Waals surface area contributed by atoms with Gasteiger partial charge in [-0.15, -0.1) is 0 Å². The van der Waals surface area contributed by atoms with E-state index in [4.69, 9.17) is 9.73 Å². The molecule has 3 rings (SSSR count). The van der Waals surface area contributed by atoms with Gasteiger partial charge in [-0.2, -0.15) is 0 Å². The van der Waals surface area contributed by atoms with Gasteiger partial charge in [-0.3, -0.25) is 0 Å². The van der Waals surface area contributed by atoms with Crippen molar-refractivity contribution in [1.29, 1.82) is 0 Å². The van der Waals surface area contributed by atoms with Crippen molar-refractivity contribution in [3.05, 3.63) is 65.6 Å².